The van der Waals surface area contributed by atoms with Gasteiger partial charge in [-0.1, -0.05) is 6.92 Å². The van der Waals surface area contributed by atoms with E-state index in [1.54, 1.807) is 4.68 Å². The highest BCUT2D eigenvalue weighted by atomic mass is 16.5. The van der Waals surface area contributed by atoms with Crippen LogP contribution in [0, 0.1) is 0 Å². The van der Waals surface area contributed by atoms with Crippen molar-refractivity contribution in [2.75, 3.05) is 6.61 Å². The molecule has 1 fully saturated rings. The topological polar surface area (TPSA) is 90.1 Å². The molecule has 1 aliphatic rings. The van der Waals surface area contributed by atoms with Crippen LogP contribution in [0.15, 0.2) is 0 Å². The number of carboxylic acids is 1. The predicted molar refractivity (Wildman–Crippen MR) is 62.2 cm³/mol. The first-order chi connectivity index (χ1) is 8.63. The number of rotatable bonds is 5. The standard InChI is InChI=1S/C11H18N4O3/c1-3-9-8(4-5-18-9)11-12-13-14-15(11)7(2)6-10(16)17/h7-9H,3-6H2,1-2H3,(H,16,17). The Balaban J connectivity index is 2.19. The molecule has 0 aliphatic carbocycles. The second-order valence-corrected chi connectivity index (χ2v) is 4.64. The summed E-state index contributed by atoms with van der Waals surface area (Å²) < 4.78 is 7.25. The van der Waals surface area contributed by atoms with Crippen molar-refractivity contribution in [3.05, 3.63) is 5.82 Å². The summed E-state index contributed by atoms with van der Waals surface area (Å²) in [7, 11) is 0. The molecule has 1 N–H and O–H groups in total. The minimum atomic E-state index is -0.848. The van der Waals surface area contributed by atoms with Crippen molar-refractivity contribution in [2.24, 2.45) is 0 Å². The van der Waals surface area contributed by atoms with Crippen LogP contribution in [0.3, 0.4) is 0 Å². The summed E-state index contributed by atoms with van der Waals surface area (Å²) in [6.45, 7) is 4.59. The number of nitrogens with zero attached hydrogens (tertiary/aromatic N) is 4. The van der Waals surface area contributed by atoms with Gasteiger partial charge in [-0.25, -0.2) is 4.68 Å². The molecule has 3 unspecified atom stereocenters. The maximum Gasteiger partial charge on any atom is 0.305 e. The lowest BCUT2D eigenvalue weighted by Gasteiger charge is -2.18. The molecule has 1 saturated heterocycles. The van der Waals surface area contributed by atoms with Gasteiger partial charge in [0.2, 0.25) is 0 Å². The smallest absolute Gasteiger partial charge is 0.305 e. The Bertz CT molecular complexity index is 420. The molecule has 2 rings (SSSR count). The molecular formula is C11H18N4O3. The summed E-state index contributed by atoms with van der Waals surface area (Å²) in [6.07, 6.45) is 1.94. The van der Waals surface area contributed by atoms with Crippen molar-refractivity contribution < 1.29 is 14.6 Å². The molecule has 18 heavy (non-hydrogen) atoms. The SMILES string of the molecule is CCC1OCCC1c1nnnn1C(C)CC(=O)O. The molecule has 0 amide bonds. The first kappa shape index (κ1) is 12.9. The molecule has 1 aromatic heterocycles. The summed E-state index contributed by atoms with van der Waals surface area (Å²) >= 11 is 0. The lowest BCUT2D eigenvalue weighted by molar-refractivity contribution is -0.137. The van der Waals surface area contributed by atoms with Crippen LogP contribution in [0.2, 0.25) is 0 Å². The molecular weight excluding hydrogens is 236 g/mol. The van der Waals surface area contributed by atoms with Gasteiger partial charge in [0.05, 0.1) is 18.6 Å². The number of hydrogen-bond acceptors (Lipinski definition) is 5. The Morgan fingerprint density at radius 2 is 2.44 bits per heavy atom. The van der Waals surface area contributed by atoms with E-state index < -0.39 is 5.97 Å². The van der Waals surface area contributed by atoms with Gasteiger partial charge in [-0.05, 0) is 30.2 Å². The minimum Gasteiger partial charge on any atom is -0.481 e. The van der Waals surface area contributed by atoms with E-state index >= 15 is 0 Å². The van der Waals surface area contributed by atoms with E-state index in [-0.39, 0.29) is 24.5 Å². The Morgan fingerprint density at radius 1 is 1.67 bits per heavy atom. The maximum atomic E-state index is 10.8. The average molecular weight is 254 g/mol. The Labute approximate surface area is 105 Å². The Hall–Kier alpha value is -1.50. The van der Waals surface area contributed by atoms with Crippen LogP contribution in [0.5, 0.6) is 0 Å². The van der Waals surface area contributed by atoms with E-state index in [4.69, 9.17) is 9.84 Å². The molecule has 7 heteroatoms. The van der Waals surface area contributed by atoms with Crippen LogP contribution in [-0.4, -0.2) is 44.0 Å². The number of aliphatic carboxylic acids is 1. The van der Waals surface area contributed by atoms with Crippen LogP contribution in [-0.2, 0) is 9.53 Å². The molecule has 1 aromatic rings. The molecule has 0 radical (unpaired) electrons. The predicted octanol–water partition coefficient (Wildman–Crippen LogP) is 0.991. The number of hydrogen-bond donors (Lipinski definition) is 1. The van der Waals surface area contributed by atoms with E-state index in [0.29, 0.717) is 6.61 Å². The maximum absolute atomic E-state index is 10.8. The number of carboxylic acid groups (broad SMARTS) is 1. The number of ether oxygens (including phenoxy) is 1. The van der Waals surface area contributed by atoms with Crippen LogP contribution >= 0.6 is 0 Å². The number of aromatic nitrogens is 4. The van der Waals surface area contributed by atoms with Crippen LogP contribution in [0.4, 0.5) is 0 Å². The van der Waals surface area contributed by atoms with Crippen LogP contribution < -0.4 is 0 Å². The average Bonchev–Trinajstić information content (AvgIpc) is 2.96. The van der Waals surface area contributed by atoms with Crippen molar-refractivity contribution in [3.63, 3.8) is 0 Å². The summed E-state index contributed by atoms with van der Waals surface area (Å²) in [6, 6.07) is -0.245. The second kappa shape index (κ2) is 5.43. The summed E-state index contributed by atoms with van der Waals surface area (Å²) in [4.78, 5) is 10.8. The van der Waals surface area contributed by atoms with Gasteiger partial charge in [0.15, 0.2) is 5.82 Å². The fourth-order valence-corrected chi connectivity index (χ4v) is 2.44. The van der Waals surface area contributed by atoms with Crippen molar-refractivity contribution in [2.45, 2.75) is 51.2 Å². The number of tetrazole rings is 1. The summed E-state index contributed by atoms with van der Waals surface area (Å²) in [5, 5.41) is 20.5. The highest BCUT2D eigenvalue weighted by molar-refractivity contribution is 5.67. The van der Waals surface area contributed by atoms with Crippen LogP contribution in [0.1, 0.15) is 50.9 Å². The van der Waals surface area contributed by atoms with Gasteiger partial charge in [-0.3, -0.25) is 4.79 Å². The van der Waals surface area contributed by atoms with Gasteiger partial charge >= 0.3 is 5.97 Å². The molecule has 0 spiro atoms. The first-order valence-corrected chi connectivity index (χ1v) is 6.24. The van der Waals surface area contributed by atoms with Gasteiger partial charge in [0.1, 0.15) is 0 Å². The van der Waals surface area contributed by atoms with Gasteiger partial charge in [0, 0.05) is 12.5 Å². The molecule has 0 saturated carbocycles. The van der Waals surface area contributed by atoms with Gasteiger partial charge in [0.25, 0.3) is 0 Å². The molecule has 1 aliphatic heterocycles. The Kier molecular flexibility index (Phi) is 3.90. The van der Waals surface area contributed by atoms with Gasteiger partial charge in [-0.2, -0.15) is 0 Å². The fraction of sp³-hybridized carbons (Fsp3) is 0.818. The number of carbonyl (C=O) groups is 1. The van der Waals surface area contributed by atoms with E-state index in [9.17, 15) is 4.79 Å². The minimum absolute atomic E-state index is 0.0163. The third-order valence-corrected chi connectivity index (χ3v) is 3.35. The fourth-order valence-electron chi connectivity index (χ4n) is 2.44. The van der Waals surface area contributed by atoms with Gasteiger partial charge in [-0.15, -0.1) is 5.10 Å². The highest BCUT2D eigenvalue weighted by Gasteiger charge is 2.33. The molecule has 2 heterocycles. The quantitative estimate of drug-likeness (QED) is 0.842. The molecule has 100 valence electrons. The zero-order chi connectivity index (χ0) is 13.1. The van der Waals surface area contributed by atoms with Crippen LogP contribution in [0.25, 0.3) is 0 Å². The second-order valence-electron chi connectivity index (χ2n) is 4.64. The molecule has 0 bridgehead atoms. The van der Waals surface area contributed by atoms with E-state index in [2.05, 4.69) is 22.4 Å². The Morgan fingerprint density at radius 3 is 3.11 bits per heavy atom. The van der Waals surface area contributed by atoms with E-state index in [0.717, 1.165) is 18.7 Å². The van der Waals surface area contributed by atoms with E-state index in [1.165, 1.54) is 0 Å². The first-order valence-electron chi connectivity index (χ1n) is 6.24. The lowest BCUT2D eigenvalue weighted by atomic mass is 9.98. The normalized spacial score (nSPS) is 25.2. The molecule has 3 atom stereocenters. The lowest BCUT2D eigenvalue weighted by Crippen LogP contribution is -2.21. The largest absolute Gasteiger partial charge is 0.481 e. The zero-order valence-electron chi connectivity index (χ0n) is 10.6. The highest BCUT2D eigenvalue weighted by Crippen LogP contribution is 2.32. The summed E-state index contributed by atoms with van der Waals surface area (Å²) in [5.41, 5.74) is 0. The molecule has 7 nitrogen and oxygen atoms in total. The van der Waals surface area contributed by atoms with Crippen molar-refractivity contribution in [1.82, 2.24) is 20.2 Å². The third kappa shape index (κ3) is 2.50. The van der Waals surface area contributed by atoms with Gasteiger partial charge < -0.3 is 9.84 Å². The van der Waals surface area contributed by atoms with Crippen molar-refractivity contribution in [3.8, 4) is 0 Å². The van der Waals surface area contributed by atoms with Crippen molar-refractivity contribution >= 4 is 5.97 Å². The third-order valence-electron chi connectivity index (χ3n) is 3.35. The van der Waals surface area contributed by atoms with E-state index in [1.807, 2.05) is 6.92 Å². The van der Waals surface area contributed by atoms with Crippen molar-refractivity contribution in [1.29, 1.82) is 0 Å². The monoisotopic (exact) mass is 254 g/mol. The zero-order valence-corrected chi connectivity index (χ0v) is 10.6. The summed E-state index contributed by atoms with van der Waals surface area (Å²) in [5.74, 6) is 0.0630. The molecule has 0 aromatic carbocycles.